The van der Waals surface area contributed by atoms with Crippen molar-refractivity contribution < 1.29 is 4.42 Å². The molecule has 158 valence electrons. The van der Waals surface area contributed by atoms with Gasteiger partial charge in [0.1, 0.15) is 5.76 Å². The van der Waals surface area contributed by atoms with Crippen molar-refractivity contribution >= 4 is 17.9 Å². The molecule has 6 nitrogen and oxygen atoms in total. The first-order valence-electron chi connectivity index (χ1n) is 10.5. The SMILES string of the molecule is Cc1occc1-c1nn(CN2CCN(c3ccccc3)CC2)c(=S)n1-c1ccccc1. The monoisotopic (exact) mass is 431 g/mol. The highest BCUT2D eigenvalue weighted by atomic mass is 32.1. The summed E-state index contributed by atoms with van der Waals surface area (Å²) in [7, 11) is 0. The average molecular weight is 432 g/mol. The van der Waals surface area contributed by atoms with Crippen molar-refractivity contribution in [2.45, 2.75) is 13.6 Å². The van der Waals surface area contributed by atoms with Crippen molar-refractivity contribution in [2.24, 2.45) is 0 Å². The van der Waals surface area contributed by atoms with Crippen LogP contribution in [0.5, 0.6) is 0 Å². The summed E-state index contributed by atoms with van der Waals surface area (Å²) < 4.78 is 10.2. The molecule has 0 unspecified atom stereocenters. The van der Waals surface area contributed by atoms with E-state index in [1.165, 1.54) is 5.69 Å². The van der Waals surface area contributed by atoms with Crippen molar-refractivity contribution in [3.63, 3.8) is 0 Å². The van der Waals surface area contributed by atoms with Crippen molar-refractivity contribution in [2.75, 3.05) is 31.1 Å². The smallest absolute Gasteiger partial charge is 0.204 e. The Bertz CT molecular complexity index is 1200. The largest absolute Gasteiger partial charge is 0.469 e. The van der Waals surface area contributed by atoms with Crippen LogP contribution in [0, 0.1) is 11.7 Å². The van der Waals surface area contributed by atoms with Gasteiger partial charge < -0.3 is 9.32 Å². The molecule has 1 fully saturated rings. The van der Waals surface area contributed by atoms with Crippen LogP contribution >= 0.6 is 12.2 Å². The number of nitrogens with zero attached hydrogens (tertiary/aromatic N) is 5. The Balaban J connectivity index is 1.41. The summed E-state index contributed by atoms with van der Waals surface area (Å²) in [5.74, 6) is 1.64. The fourth-order valence-electron chi connectivity index (χ4n) is 4.08. The highest BCUT2D eigenvalue weighted by Gasteiger charge is 2.21. The third kappa shape index (κ3) is 3.94. The average Bonchev–Trinajstić information content (AvgIpc) is 3.38. The minimum atomic E-state index is 0.672. The topological polar surface area (TPSA) is 42.4 Å². The molecule has 5 rings (SSSR count). The number of hydrogen-bond acceptors (Lipinski definition) is 5. The van der Waals surface area contributed by atoms with E-state index < -0.39 is 0 Å². The minimum Gasteiger partial charge on any atom is -0.469 e. The normalized spacial score (nSPS) is 14.8. The van der Waals surface area contributed by atoms with Crippen LogP contribution in [0.1, 0.15) is 5.76 Å². The van der Waals surface area contributed by atoms with Crippen molar-refractivity contribution in [1.29, 1.82) is 0 Å². The second-order valence-electron chi connectivity index (χ2n) is 7.75. The number of aryl methyl sites for hydroxylation is 1. The molecule has 4 aromatic rings. The number of rotatable bonds is 5. The van der Waals surface area contributed by atoms with Crippen molar-refractivity contribution in [3.8, 4) is 17.1 Å². The van der Waals surface area contributed by atoms with E-state index in [0.29, 0.717) is 11.4 Å². The van der Waals surface area contributed by atoms with Gasteiger partial charge in [0.2, 0.25) is 4.77 Å². The van der Waals surface area contributed by atoms with Gasteiger partial charge in [-0.25, -0.2) is 4.68 Å². The van der Waals surface area contributed by atoms with Crippen LogP contribution < -0.4 is 4.90 Å². The number of aromatic nitrogens is 3. The van der Waals surface area contributed by atoms with Gasteiger partial charge in [-0.05, 0) is 49.5 Å². The molecule has 0 radical (unpaired) electrons. The lowest BCUT2D eigenvalue weighted by Crippen LogP contribution is -2.47. The molecule has 31 heavy (non-hydrogen) atoms. The number of anilines is 1. The molecule has 0 amide bonds. The van der Waals surface area contributed by atoms with Crippen LogP contribution in [0.3, 0.4) is 0 Å². The molecular formula is C24H25N5OS. The van der Waals surface area contributed by atoms with Gasteiger partial charge in [-0.3, -0.25) is 9.47 Å². The van der Waals surface area contributed by atoms with E-state index >= 15 is 0 Å². The molecule has 0 saturated carbocycles. The van der Waals surface area contributed by atoms with E-state index in [-0.39, 0.29) is 0 Å². The first-order valence-corrected chi connectivity index (χ1v) is 10.9. The number of hydrogen-bond donors (Lipinski definition) is 0. The molecule has 1 aliphatic rings. The third-order valence-electron chi connectivity index (χ3n) is 5.78. The Morgan fingerprint density at radius 2 is 1.52 bits per heavy atom. The Morgan fingerprint density at radius 1 is 0.871 bits per heavy atom. The first kappa shape index (κ1) is 19.8. The predicted octanol–water partition coefficient (Wildman–Crippen LogP) is 4.75. The lowest BCUT2D eigenvalue weighted by atomic mass is 10.2. The van der Waals surface area contributed by atoms with E-state index in [4.69, 9.17) is 21.7 Å². The summed E-state index contributed by atoms with van der Waals surface area (Å²) in [4.78, 5) is 4.84. The predicted molar refractivity (Wildman–Crippen MR) is 125 cm³/mol. The van der Waals surface area contributed by atoms with Crippen LogP contribution in [-0.2, 0) is 6.67 Å². The molecular weight excluding hydrogens is 406 g/mol. The molecule has 3 heterocycles. The first-order chi connectivity index (χ1) is 15.2. The molecule has 0 bridgehead atoms. The number of para-hydroxylation sites is 2. The van der Waals surface area contributed by atoms with Gasteiger partial charge in [0.15, 0.2) is 5.82 Å². The lowest BCUT2D eigenvalue weighted by molar-refractivity contribution is 0.194. The maximum atomic E-state index is 5.88. The van der Waals surface area contributed by atoms with Gasteiger partial charge >= 0.3 is 0 Å². The summed E-state index contributed by atoms with van der Waals surface area (Å²) in [6.45, 7) is 6.54. The van der Waals surface area contributed by atoms with E-state index in [1.54, 1.807) is 6.26 Å². The lowest BCUT2D eigenvalue weighted by Gasteiger charge is -2.35. The molecule has 0 N–H and O–H groups in total. The Labute approximate surface area is 186 Å². The standard InChI is InChI=1S/C24H25N5OS/c1-19-22(12-17-30-19)23-25-28(24(31)29(23)21-10-6-3-7-11-21)18-26-13-15-27(16-14-26)20-8-4-2-5-9-20/h2-12,17H,13-16,18H2,1H3. The van der Waals surface area contributed by atoms with Crippen LogP contribution in [0.15, 0.2) is 77.4 Å². The van der Waals surface area contributed by atoms with Crippen LogP contribution in [0.25, 0.3) is 17.1 Å². The molecule has 2 aromatic heterocycles. The van der Waals surface area contributed by atoms with Gasteiger partial charge in [-0.1, -0.05) is 36.4 Å². The highest BCUT2D eigenvalue weighted by Crippen LogP contribution is 2.26. The summed E-state index contributed by atoms with van der Waals surface area (Å²) in [6, 6.07) is 22.7. The zero-order valence-electron chi connectivity index (χ0n) is 17.5. The Kier molecular flexibility index (Phi) is 5.44. The fourth-order valence-corrected chi connectivity index (χ4v) is 4.37. The second kappa shape index (κ2) is 8.53. The molecule has 2 aromatic carbocycles. The third-order valence-corrected chi connectivity index (χ3v) is 6.17. The molecule has 0 aliphatic carbocycles. The van der Waals surface area contributed by atoms with Crippen molar-refractivity contribution in [1.82, 2.24) is 19.2 Å². The van der Waals surface area contributed by atoms with Crippen LogP contribution in [0.4, 0.5) is 5.69 Å². The van der Waals surface area contributed by atoms with Crippen LogP contribution in [0.2, 0.25) is 0 Å². The fraction of sp³-hybridized carbons (Fsp3) is 0.250. The maximum Gasteiger partial charge on any atom is 0.204 e. The van der Waals surface area contributed by atoms with Gasteiger partial charge in [0.25, 0.3) is 0 Å². The summed E-state index contributed by atoms with van der Waals surface area (Å²) in [5, 5.41) is 4.92. The second-order valence-corrected chi connectivity index (χ2v) is 8.11. The molecule has 0 atom stereocenters. The van der Waals surface area contributed by atoms with E-state index in [9.17, 15) is 0 Å². The van der Waals surface area contributed by atoms with Gasteiger partial charge in [-0.15, -0.1) is 5.10 Å². The quantitative estimate of drug-likeness (QED) is 0.427. The zero-order chi connectivity index (χ0) is 21.2. The Morgan fingerprint density at radius 3 is 2.13 bits per heavy atom. The summed E-state index contributed by atoms with van der Waals surface area (Å²) in [6.07, 6.45) is 1.70. The number of furan rings is 1. The minimum absolute atomic E-state index is 0.672. The Hall–Kier alpha value is -3.16. The van der Waals surface area contributed by atoms with Gasteiger partial charge in [0, 0.05) is 37.6 Å². The summed E-state index contributed by atoms with van der Waals surface area (Å²) in [5.41, 5.74) is 3.25. The van der Waals surface area contributed by atoms with E-state index in [2.05, 4.69) is 52.3 Å². The van der Waals surface area contributed by atoms with Gasteiger partial charge in [-0.2, -0.15) is 0 Å². The molecule has 1 saturated heterocycles. The van der Waals surface area contributed by atoms with Crippen molar-refractivity contribution in [3.05, 3.63) is 83.5 Å². The molecule has 0 spiro atoms. The van der Waals surface area contributed by atoms with Gasteiger partial charge in [0.05, 0.1) is 18.5 Å². The van der Waals surface area contributed by atoms with Crippen LogP contribution in [-0.4, -0.2) is 45.4 Å². The zero-order valence-corrected chi connectivity index (χ0v) is 18.3. The number of piperazine rings is 1. The molecule has 1 aliphatic heterocycles. The number of benzene rings is 2. The molecule has 7 heteroatoms. The summed E-state index contributed by atoms with van der Waals surface area (Å²) >= 11 is 5.88. The van der Waals surface area contributed by atoms with E-state index in [1.807, 2.05) is 40.4 Å². The highest BCUT2D eigenvalue weighted by molar-refractivity contribution is 7.71. The van der Waals surface area contributed by atoms with E-state index in [0.717, 1.165) is 49.0 Å². The maximum absolute atomic E-state index is 5.88.